The molecule has 2 aromatic rings. The number of hydrogen-bond donors (Lipinski definition) is 1. The van der Waals surface area contributed by atoms with Crippen molar-refractivity contribution in [1.82, 2.24) is 5.32 Å². The van der Waals surface area contributed by atoms with Gasteiger partial charge in [0.1, 0.15) is 5.75 Å². The van der Waals surface area contributed by atoms with Crippen molar-refractivity contribution in [3.05, 3.63) is 59.2 Å². The first-order valence-corrected chi connectivity index (χ1v) is 10.00. The lowest BCUT2D eigenvalue weighted by atomic mass is 9.97. The SMILES string of the molecule is CCc1cc(C(CCc2ccccc2OC)OC)ccc1N1CCNCC1. The van der Waals surface area contributed by atoms with Gasteiger partial charge in [-0.05, 0) is 48.1 Å². The van der Waals surface area contributed by atoms with E-state index in [-0.39, 0.29) is 6.10 Å². The Kier molecular flexibility index (Phi) is 7.13. The van der Waals surface area contributed by atoms with Gasteiger partial charge in [-0.15, -0.1) is 0 Å². The first kappa shape index (κ1) is 19.7. The van der Waals surface area contributed by atoms with E-state index in [4.69, 9.17) is 9.47 Å². The van der Waals surface area contributed by atoms with Gasteiger partial charge >= 0.3 is 0 Å². The lowest BCUT2D eigenvalue weighted by molar-refractivity contribution is 0.0957. The van der Waals surface area contributed by atoms with Gasteiger partial charge in [0.05, 0.1) is 13.2 Å². The Bertz CT molecular complexity index is 726. The van der Waals surface area contributed by atoms with E-state index in [1.54, 1.807) is 7.11 Å². The number of anilines is 1. The molecule has 0 aromatic heterocycles. The summed E-state index contributed by atoms with van der Waals surface area (Å²) in [5, 5.41) is 3.43. The Morgan fingerprint density at radius 1 is 1.04 bits per heavy atom. The van der Waals surface area contributed by atoms with E-state index < -0.39 is 0 Å². The lowest BCUT2D eigenvalue weighted by Gasteiger charge is -2.31. The van der Waals surface area contributed by atoms with E-state index in [2.05, 4.69) is 47.5 Å². The van der Waals surface area contributed by atoms with Gasteiger partial charge in [-0.3, -0.25) is 0 Å². The number of benzene rings is 2. The van der Waals surface area contributed by atoms with E-state index in [0.717, 1.165) is 51.2 Å². The fraction of sp³-hybridized carbons (Fsp3) is 0.478. The van der Waals surface area contributed by atoms with E-state index in [0.29, 0.717) is 0 Å². The molecule has 1 fully saturated rings. The van der Waals surface area contributed by atoms with Crippen molar-refractivity contribution in [3.8, 4) is 5.75 Å². The molecule has 1 heterocycles. The maximum absolute atomic E-state index is 5.85. The van der Waals surface area contributed by atoms with Crippen molar-refractivity contribution in [1.29, 1.82) is 0 Å². The summed E-state index contributed by atoms with van der Waals surface area (Å²) >= 11 is 0. The number of nitrogens with one attached hydrogen (secondary N) is 1. The van der Waals surface area contributed by atoms with Crippen LogP contribution in [0.2, 0.25) is 0 Å². The first-order valence-electron chi connectivity index (χ1n) is 10.00. The molecule has 146 valence electrons. The second kappa shape index (κ2) is 9.77. The molecule has 1 aliphatic heterocycles. The summed E-state index contributed by atoms with van der Waals surface area (Å²) in [5.41, 5.74) is 5.29. The molecule has 0 spiro atoms. The fourth-order valence-corrected chi connectivity index (χ4v) is 3.92. The van der Waals surface area contributed by atoms with E-state index in [1.165, 1.54) is 22.4 Å². The smallest absolute Gasteiger partial charge is 0.122 e. The largest absolute Gasteiger partial charge is 0.496 e. The van der Waals surface area contributed by atoms with Gasteiger partial charge in [0.2, 0.25) is 0 Å². The van der Waals surface area contributed by atoms with E-state index >= 15 is 0 Å². The van der Waals surface area contributed by atoms with Crippen LogP contribution in [0, 0.1) is 0 Å². The lowest BCUT2D eigenvalue weighted by Crippen LogP contribution is -2.43. The molecular formula is C23H32N2O2. The number of piperazine rings is 1. The third-order valence-electron chi connectivity index (χ3n) is 5.47. The zero-order chi connectivity index (χ0) is 19.1. The van der Waals surface area contributed by atoms with Gasteiger partial charge in [0, 0.05) is 39.0 Å². The monoisotopic (exact) mass is 368 g/mol. The second-order valence-corrected chi connectivity index (χ2v) is 7.05. The highest BCUT2D eigenvalue weighted by Crippen LogP contribution is 2.30. The average molecular weight is 369 g/mol. The number of rotatable bonds is 8. The van der Waals surface area contributed by atoms with Crippen LogP contribution in [0.25, 0.3) is 0 Å². The highest BCUT2D eigenvalue weighted by Gasteiger charge is 2.17. The molecule has 1 saturated heterocycles. The number of para-hydroxylation sites is 1. The Morgan fingerprint density at radius 3 is 2.52 bits per heavy atom. The van der Waals surface area contributed by atoms with Crippen LogP contribution >= 0.6 is 0 Å². The van der Waals surface area contributed by atoms with Crippen molar-refractivity contribution >= 4 is 5.69 Å². The van der Waals surface area contributed by atoms with Crippen LogP contribution in [0.4, 0.5) is 5.69 Å². The molecule has 1 N–H and O–H groups in total. The molecule has 27 heavy (non-hydrogen) atoms. The third kappa shape index (κ3) is 4.82. The molecule has 1 unspecified atom stereocenters. The Morgan fingerprint density at radius 2 is 1.81 bits per heavy atom. The van der Waals surface area contributed by atoms with Crippen LogP contribution < -0.4 is 15.0 Å². The zero-order valence-corrected chi connectivity index (χ0v) is 16.8. The molecule has 1 aliphatic rings. The van der Waals surface area contributed by atoms with Crippen molar-refractivity contribution in [3.63, 3.8) is 0 Å². The minimum atomic E-state index is 0.0947. The van der Waals surface area contributed by atoms with Crippen LogP contribution in [0.15, 0.2) is 42.5 Å². The summed E-state index contributed by atoms with van der Waals surface area (Å²) in [6.45, 7) is 6.51. The predicted molar refractivity (Wildman–Crippen MR) is 112 cm³/mol. The topological polar surface area (TPSA) is 33.7 Å². The molecule has 3 rings (SSSR count). The fourth-order valence-electron chi connectivity index (χ4n) is 3.92. The summed E-state index contributed by atoms with van der Waals surface area (Å²) < 4.78 is 11.3. The molecule has 1 atom stereocenters. The maximum Gasteiger partial charge on any atom is 0.122 e. The minimum absolute atomic E-state index is 0.0947. The first-order chi connectivity index (χ1) is 13.3. The molecule has 4 nitrogen and oxygen atoms in total. The van der Waals surface area contributed by atoms with Crippen LogP contribution in [0.5, 0.6) is 5.75 Å². The van der Waals surface area contributed by atoms with Gasteiger partial charge in [-0.2, -0.15) is 0 Å². The Hall–Kier alpha value is -2.04. The molecule has 0 bridgehead atoms. The average Bonchev–Trinajstić information content (AvgIpc) is 2.75. The van der Waals surface area contributed by atoms with Crippen molar-refractivity contribution in [2.75, 3.05) is 45.3 Å². The number of nitrogens with zero attached hydrogens (tertiary/aromatic N) is 1. The molecular weight excluding hydrogens is 336 g/mol. The summed E-state index contributed by atoms with van der Waals surface area (Å²) in [6, 6.07) is 15.1. The molecule has 0 amide bonds. The van der Waals surface area contributed by atoms with Gasteiger partial charge in [0.15, 0.2) is 0 Å². The molecule has 0 saturated carbocycles. The van der Waals surface area contributed by atoms with Crippen molar-refractivity contribution in [2.45, 2.75) is 32.3 Å². The highest BCUT2D eigenvalue weighted by atomic mass is 16.5. The summed E-state index contributed by atoms with van der Waals surface area (Å²) in [5.74, 6) is 0.954. The molecule has 4 heteroatoms. The van der Waals surface area contributed by atoms with E-state index in [1.807, 2.05) is 19.2 Å². The van der Waals surface area contributed by atoms with Gasteiger partial charge in [-0.25, -0.2) is 0 Å². The van der Waals surface area contributed by atoms with Crippen LogP contribution in [-0.4, -0.2) is 40.4 Å². The van der Waals surface area contributed by atoms with Crippen molar-refractivity contribution in [2.24, 2.45) is 0 Å². The summed E-state index contributed by atoms with van der Waals surface area (Å²) in [6.07, 6.45) is 3.00. The van der Waals surface area contributed by atoms with Crippen LogP contribution in [-0.2, 0) is 17.6 Å². The standard InChI is InChI=1S/C23H32N2O2/c1-4-18-17-20(9-11-21(18)25-15-13-24-14-16-25)23(27-3)12-10-19-7-5-6-8-22(19)26-2/h5-9,11,17,23-24H,4,10,12-16H2,1-3H3. The van der Waals surface area contributed by atoms with Gasteiger partial charge in [-0.1, -0.05) is 37.3 Å². The highest BCUT2D eigenvalue weighted by molar-refractivity contribution is 5.56. The Labute approximate surface area is 163 Å². The molecule has 0 radical (unpaired) electrons. The zero-order valence-electron chi connectivity index (χ0n) is 16.8. The van der Waals surface area contributed by atoms with Crippen LogP contribution in [0.1, 0.15) is 36.1 Å². The molecule has 2 aromatic carbocycles. The second-order valence-electron chi connectivity index (χ2n) is 7.05. The third-order valence-corrected chi connectivity index (χ3v) is 5.47. The molecule has 0 aliphatic carbocycles. The van der Waals surface area contributed by atoms with Gasteiger partial charge < -0.3 is 19.7 Å². The van der Waals surface area contributed by atoms with Crippen molar-refractivity contribution < 1.29 is 9.47 Å². The summed E-state index contributed by atoms with van der Waals surface area (Å²) in [4.78, 5) is 2.50. The Balaban J connectivity index is 1.74. The maximum atomic E-state index is 5.85. The predicted octanol–water partition coefficient (Wildman–Crippen LogP) is 3.99. The number of hydrogen-bond acceptors (Lipinski definition) is 4. The van der Waals surface area contributed by atoms with Crippen LogP contribution in [0.3, 0.4) is 0 Å². The quantitative estimate of drug-likeness (QED) is 0.764. The minimum Gasteiger partial charge on any atom is -0.496 e. The van der Waals surface area contributed by atoms with Gasteiger partial charge in [0.25, 0.3) is 0 Å². The number of methoxy groups -OCH3 is 2. The normalized spacial score (nSPS) is 15.6. The summed E-state index contributed by atoms with van der Waals surface area (Å²) in [7, 11) is 3.54. The number of aryl methyl sites for hydroxylation is 2. The number of ether oxygens (including phenoxy) is 2. The van der Waals surface area contributed by atoms with E-state index in [9.17, 15) is 0 Å².